The topological polar surface area (TPSA) is 96.7 Å². The number of aromatic nitrogens is 3. The van der Waals surface area contributed by atoms with Gasteiger partial charge in [-0.1, -0.05) is 12.1 Å². The number of amides is 1. The standard InChI is InChI=1S/C22H24F3N5O3S/c1-14-13-30-19(27-14)11-18(12-26-30)28-17-5-3-15(4-6-17)20(22(23,24)25)29(2)21(31)16-7-9-34(32,33)10-8-16/h3-6,11-13,16,20,28H,7-10H2,1-2H3/t20-/m0/s1. The van der Waals surface area contributed by atoms with Crippen LogP contribution in [0.4, 0.5) is 24.5 Å². The van der Waals surface area contributed by atoms with Crippen molar-refractivity contribution in [1.29, 1.82) is 0 Å². The number of nitrogens with one attached hydrogen (secondary N) is 1. The molecule has 3 heterocycles. The Labute approximate surface area is 194 Å². The molecule has 0 saturated carbocycles. The number of hydrogen-bond donors (Lipinski definition) is 1. The highest BCUT2D eigenvalue weighted by atomic mass is 32.2. The quantitative estimate of drug-likeness (QED) is 0.580. The third-order valence-corrected chi connectivity index (χ3v) is 7.62. The maximum absolute atomic E-state index is 14.0. The molecule has 4 rings (SSSR count). The van der Waals surface area contributed by atoms with Gasteiger partial charge in [0.25, 0.3) is 0 Å². The highest BCUT2D eigenvalue weighted by Crippen LogP contribution is 2.39. The summed E-state index contributed by atoms with van der Waals surface area (Å²) in [6, 6.07) is 5.27. The van der Waals surface area contributed by atoms with Crippen LogP contribution in [0.3, 0.4) is 0 Å². The lowest BCUT2D eigenvalue weighted by Gasteiger charge is -2.34. The molecule has 0 spiro atoms. The molecule has 1 aliphatic heterocycles. The van der Waals surface area contributed by atoms with Crippen LogP contribution in [0.2, 0.25) is 0 Å². The summed E-state index contributed by atoms with van der Waals surface area (Å²) < 4.78 is 66.8. The molecule has 34 heavy (non-hydrogen) atoms. The Morgan fingerprint density at radius 2 is 1.82 bits per heavy atom. The van der Waals surface area contributed by atoms with Crippen LogP contribution in [0.25, 0.3) is 5.65 Å². The number of anilines is 2. The third kappa shape index (κ3) is 5.16. The van der Waals surface area contributed by atoms with Gasteiger partial charge in [-0.25, -0.2) is 17.9 Å². The minimum atomic E-state index is -4.70. The molecule has 12 heteroatoms. The van der Waals surface area contributed by atoms with E-state index in [0.29, 0.717) is 21.9 Å². The zero-order valence-electron chi connectivity index (χ0n) is 18.6. The average Bonchev–Trinajstić information content (AvgIpc) is 3.13. The van der Waals surface area contributed by atoms with E-state index in [0.717, 1.165) is 12.7 Å². The van der Waals surface area contributed by atoms with Crippen molar-refractivity contribution in [3.8, 4) is 0 Å². The molecule has 182 valence electrons. The number of rotatable bonds is 5. The molecule has 3 aromatic rings. The fourth-order valence-electron chi connectivity index (χ4n) is 4.16. The van der Waals surface area contributed by atoms with Crippen molar-refractivity contribution in [2.24, 2.45) is 5.92 Å². The average molecular weight is 496 g/mol. The first-order chi connectivity index (χ1) is 15.9. The minimum Gasteiger partial charge on any atom is -0.354 e. The third-order valence-electron chi connectivity index (χ3n) is 5.90. The molecule has 0 radical (unpaired) electrons. The van der Waals surface area contributed by atoms with Crippen LogP contribution in [0.5, 0.6) is 0 Å². The Morgan fingerprint density at radius 3 is 2.44 bits per heavy atom. The molecule has 1 N–H and O–H groups in total. The Morgan fingerprint density at radius 1 is 1.18 bits per heavy atom. The molecule has 1 amide bonds. The van der Waals surface area contributed by atoms with Gasteiger partial charge in [0, 0.05) is 24.7 Å². The fraction of sp³-hybridized carbons (Fsp3) is 0.409. The summed E-state index contributed by atoms with van der Waals surface area (Å²) in [5, 5.41) is 7.32. The van der Waals surface area contributed by atoms with E-state index in [2.05, 4.69) is 15.4 Å². The van der Waals surface area contributed by atoms with Crippen LogP contribution in [-0.4, -0.2) is 58.6 Å². The SMILES string of the molecule is Cc1cn2ncc(Nc3ccc([C@H](N(C)C(=O)C4CCS(=O)(=O)CC4)C(F)(F)F)cc3)cc2n1. The lowest BCUT2D eigenvalue weighted by atomic mass is 9.98. The Hall–Kier alpha value is -3.15. The van der Waals surface area contributed by atoms with Crippen LogP contribution in [0, 0.1) is 12.8 Å². The van der Waals surface area contributed by atoms with E-state index >= 15 is 0 Å². The summed E-state index contributed by atoms with van der Waals surface area (Å²) in [5.41, 5.74) is 2.52. The van der Waals surface area contributed by atoms with E-state index in [1.54, 1.807) is 23.0 Å². The van der Waals surface area contributed by atoms with Crippen molar-refractivity contribution in [2.75, 3.05) is 23.9 Å². The number of alkyl halides is 3. The predicted octanol–water partition coefficient (Wildman–Crippen LogP) is 3.67. The van der Waals surface area contributed by atoms with Gasteiger partial charge in [0.05, 0.1) is 35.3 Å². The van der Waals surface area contributed by atoms with Crippen LogP contribution in [-0.2, 0) is 14.6 Å². The molecule has 2 aromatic heterocycles. The van der Waals surface area contributed by atoms with Crippen LogP contribution in [0.15, 0.2) is 42.7 Å². The van der Waals surface area contributed by atoms with Crippen molar-refractivity contribution >= 4 is 32.8 Å². The molecule has 8 nitrogen and oxygen atoms in total. The second-order valence-electron chi connectivity index (χ2n) is 8.50. The van der Waals surface area contributed by atoms with Crippen LogP contribution < -0.4 is 5.32 Å². The van der Waals surface area contributed by atoms with Gasteiger partial charge in [-0.2, -0.15) is 18.3 Å². The predicted molar refractivity (Wildman–Crippen MR) is 120 cm³/mol. The van der Waals surface area contributed by atoms with Crippen molar-refractivity contribution in [3.05, 3.63) is 54.0 Å². The smallest absolute Gasteiger partial charge is 0.354 e. The van der Waals surface area contributed by atoms with E-state index in [9.17, 15) is 26.4 Å². The second kappa shape index (κ2) is 8.90. The Kier molecular flexibility index (Phi) is 6.28. The Balaban J connectivity index is 1.51. The zero-order valence-corrected chi connectivity index (χ0v) is 19.4. The van der Waals surface area contributed by atoms with Crippen LogP contribution in [0.1, 0.15) is 30.1 Å². The first-order valence-corrected chi connectivity index (χ1v) is 12.5. The second-order valence-corrected chi connectivity index (χ2v) is 10.8. The van der Waals surface area contributed by atoms with Gasteiger partial charge in [0.15, 0.2) is 11.7 Å². The van der Waals surface area contributed by atoms with Gasteiger partial charge in [0.2, 0.25) is 5.91 Å². The number of nitrogens with zero attached hydrogens (tertiary/aromatic N) is 4. The van der Waals surface area contributed by atoms with Crippen molar-refractivity contribution < 1.29 is 26.4 Å². The maximum atomic E-state index is 14.0. The van der Waals surface area contributed by atoms with E-state index in [1.807, 2.05) is 6.92 Å². The van der Waals surface area contributed by atoms with E-state index in [1.165, 1.54) is 24.3 Å². The first kappa shape index (κ1) is 24.0. The van der Waals surface area contributed by atoms with Gasteiger partial charge >= 0.3 is 6.18 Å². The molecule has 1 fully saturated rings. The maximum Gasteiger partial charge on any atom is 0.413 e. The number of fused-ring (bicyclic) bond motifs is 1. The summed E-state index contributed by atoms with van der Waals surface area (Å²) in [7, 11) is -2.11. The Bertz CT molecular complexity index is 1290. The number of imidazole rings is 1. The largest absolute Gasteiger partial charge is 0.413 e. The molecule has 0 unspecified atom stereocenters. The molecule has 1 saturated heterocycles. The van der Waals surface area contributed by atoms with E-state index in [-0.39, 0.29) is 29.9 Å². The molecule has 0 bridgehead atoms. The van der Waals surface area contributed by atoms with E-state index in [4.69, 9.17) is 0 Å². The van der Waals surface area contributed by atoms with Crippen molar-refractivity contribution in [3.63, 3.8) is 0 Å². The van der Waals surface area contributed by atoms with Gasteiger partial charge < -0.3 is 10.2 Å². The lowest BCUT2D eigenvalue weighted by molar-refractivity contribution is -0.190. The summed E-state index contributed by atoms with van der Waals surface area (Å²) in [4.78, 5) is 17.8. The number of carbonyl (C=O) groups is 1. The summed E-state index contributed by atoms with van der Waals surface area (Å²) in [6.45, 7) is 1.84. The van der Waals surface area contributed by atoms with Crippen molar-refractivity contribution in [2.45, 2.75) is 32.0 Å². The van der Waals surface area contributed by atoms with Gasteiger partial charge in [0.1, 0.15) is 9.84 Å². The summed E-state index contributed by atoms with van der Waals surface area (Å²) >= 11 is 0. The van der Waals surface area contributed by atoms with E-state index < -0.39 is 33.9 Å². The van der Waals surface area contributed by atoms with Gasteiger partial charge in [-0.3, -0.25) is 4.79 Å². The molecule has 0 aliphatic carbocycles. The molecule has 1 aliphatic rings. The monoisotopic (exact) mass is 495 g/mol. The normalized spacial score (nSPS) is 17.4. The first-order valence-electron chi connectivity index (χ1n) is 10.7. The number of sulfone groups is 1. The highest BCUT2D eigenvalue weighted by Gasteiger charge is 2.46. The number of benzene rings is 1. The summed E-state index contributed by atoms with van der Waals surface area (Å²) in [5.74, 6) is -1.82. The molecule has 1 aromatic carbocycles. The van der Waals surface area contributed by atoms with Crippen LogP contribution >= 0.6 is 0 Å². The zero-order chi connectivity index (χ0) is 24.7. The van der Waals surface area contributed by atoms with Gasteiger partial charge in [-0.05, 0) is 37.5 Å². The number of carbonyl (C=O) groups excluding carboxylic acids is 1. The number of hydrogen-bond acceptors (Lipinski definition) is 6. The van der Waals surface area contributed by atoms with Crippen molar-refractivity contribution in [1.82, 2.24) is 19.5 Å². The summed E-state index contributed by atoms with van der Waals surface area (Å²) in [6.07, 6.45) is -1.28. The number of halogens is 3. The molecular formula is C22H24F3N5O3S. The van der Waals surface area contributed by atoms with Gasteiger partial charge in [-0.15, -0.1) is 0 Å². The highest BCUT2D eigenvalue weighted by molar-refractivity contribution is 7.91. The molecular weight excluding hydrogens is 471 g/mol. The minimum absolute atomic E-state index is 0.0351. The fourth-order valence-corrected chi connectivity index (χ4v) is 5.66. The number of aryl methyl sites for hydroxylation is 1. The molecule has 1 atom stereocenters. The lowest BCUT2D eigenvalue weighted by Crippen LogP contribution is -2.44.